The molecule has 114 valence electrons. The van der Waals surface area contributed by atoms with Crippen LogP contribution in [0.25, 0.3) is 0 Å². The van der Waals surface area contributed by atoms with Gasteiger partial charge in [-0.25, -0.2) is 4.39 Å². The van der Waals surface area contributed by atoms with E-state index in [2.05, 4.69) is 15.0 Å². The minimum absolute atomic E-state index is 0.0458. The van der Waals surface area contributed by atoms with E-state index in [1.165, 1.54) is 37.9 Å². The van der Waals surface area contributed by atoms with E-state index in [4.69, 9.17) is 10.9 Å². The van der Waals surface area contributed by atoms with Crippen LogP contribution in [-0.4, -0.2) is 48.2 Å². The van der Waals surface area contributed by atoms with Crippen molar-refractivity contribution in [2.75, 3.05) is 31.1 Å². The number of amidine groups is 1. The zero-order valence-electron chi connectivity index (χ0n) is 12.0. The van der Waals surface area contributed by atoms with Crippen molar-refractivity contribution in [3.8, 4) is 0 Å². The molecule has 0 bridgehead atoms. The largest absolute Gasteiger partial charge is 0.409 e. The van der Waals surface area contributed by atoms with Crippen molar-refractivity contribution in [1.82, 2.24) is 4.90 Å². The molecular formula is C15H21FN4O. The zero-order valence-corrected chi connectivity index (χ0v) is 12.0. The number of nitrogens with zero attached hydrogens (tertiary/aromatic N) is 3. The average Bonchev–Trinajstić information content (AvgIpc) is 2.53. The van der Waals surface area contributed by atoms with Crippen molar-refractivity contribution in [3.05, 3.63) is 29.6 Å². The minimum Gasteiger partial charge on any atom is -0.409 e. The molecule has 0 amide bonds. The summed E-state index contributed by atoms with van der Waals surface area (Å²) < 4.78 is 13.5. The molecule has 2 aliphatic heterocycles. The Morgan fingerprint density at radius 1 is 1.29 bits per heavy atom. The number of rotatable bonds is 2. The summed E-state index contributed by atoms with van der Waals surface area (Å²) in [6.07, 6.45) is 3.75. The van der Waals surface area contributed by atoms with Crippen LogP contribution in [0.4, 0.5) is 10.1 Å². The highest BCUT2D eigenvalue weighted by Crippen LogP contribution is 2.27. The van der Waals surface area contributed by atoms with Crippen molar-refractivity contribution in [2.45, 2.75) is 25.3 Å². The summed E-state index contributed by atoms with van der Waals surface area (Å²) in [4.78, 5) is 4.76. The van der Waals surface area contributed by atoms with Crippen LogP contribution in [0.5, 0.6) is 0 Å². The van der Waals surface area contributed by atoms with E-state index in [1.807, 2.05) is 0 Å². The topological polar surface area (TPSA) is 65.1 Å². The number of anilines is 1. The summed E-state index contributed by atoms with van der Waals surface area (Å²) in [6.45, 7) is 3.98. The van der Waals surface area contributed by atoms with Crippen LogP contribution in [0.15, 0.2) is 23.4 Å². The third kappa shape index (κ3) is 2.81. The van der Waals surface area contributed by atoms with E-state index in [-0.39, 0.29) is 11.7 Å². The second-order valence-electron chi connectivity index (χ2n) is 5.78. The predicted molar refractivity (Wildman–Crippen MR) is 80.3 cm³/mol. The number of hydrogen-bond donors (Lipinski definition) is 2. The van der Waals surface area contributed by atoms with E-state index in [0.717, 1.165) is 25.3 Å². The third-order valence-electron chi connectivity index (χ3n) is 4.52. The van der Waals surface area contributed by atoms with Crippen LogP contribution in [0.1, 0.15) is 24.8 Å². The zero-order chi connectivity index (χ0) is 14.8. The molecule has 2 heterocycles. The summed E-state index contributed by atoms with van der Waals surface area (Å²) in [7, 11) is 0. The number of halogens is 1. The Labute approximate surface area is 123 Å². The molecule has 5 nitrogen and oxygen atoms in total. The first-order chi connectivity index (χ1) is 10.2. The lowest BCUT2D eigenvalue weighted by atomic mass is 9.98. The van der Waals surface area contributed by atoms with Gasteiger partial charge in [0, 0.05) is 36.9 Å². The lowest BCUT2D eigenvalue weighted by Crippen LogP contribution is -2.55. The van der Waals surface area contributed by atoms with Gasteiger partial charge in [0.15, 0.2) is 5.84 Å². The fourth-order valence-electron chi connectivity index (χ4n) is 3.42. The van der Waals surface area contributed by atoms with E-state index < -0.39 is 0 Å². The molecule has 0 spiro atoms. The van der Waals surface area contributed by atoms with Gasteiger partial charge in [-0.15, -0.1) is 0 Å². The molecule has 0 radical (unpaired) electrons. The van der Waals surface area contributed by atoms with Crippen LogP contribution in [0.2, 0.25) is 0 Å². The van der Waals surface area contributed by atoms with Crippen molar-refractivity contribution < 1.29 is 9.60 Å². The number of piperidine rings is 1. The molecule has 1 aromatic carbocycles. The van der Waals surface area contributed by atoms with Gasteiger partial charge in [0.1, 0.15) is 5.82 Å². The van der Waals surface area contributed by atoms with Crippen LogP contribution in [-0.2, 0) is 0 Å². The molecule has 2 saturated heterocycles. The standard InChI is InChI=1S/C15H21FN4O/c16-11-4-5-14(13(9-11)15(17)18-21)20-8-7-19-6-2-1-3-12(19)10-20/h4-5,9,12,21H,1-3,6-8,10H2,(H2,17,18). The molecule has 1 aromatic rings. The van der Waals surface area contributed by atoms with Gasteiger partial charge in [0.2, 0.25) is 0 Å². The van der Waals surface area contributed by atoms with E-state index >= 15 is 0 Å². The Balaban J connectivity index is 1.86. The number of nitrogens with two attached hydrogens (primary N) is 1. The molecule has 0 saturated carbocycles. The fourth-order valence-corrected chi connectivity index (χ4v) is 3.42. The summed E-state index contributed by atoms with van der Waals surface area (Å²) in [5.41, 5.74) is 7.00. The van der Waals surface area contributed by atoms with E-state index in [1.54, 1.807) is 6.07 Å². The molecular weight excluding hydrogens is 271 g/mol. The summed E-state index contributed by atoms with van der Waals surface area (Å²) in [5.74, 6) is -0.424. The van der Waals surface area contributed by atoms with Crippen LogP contribution in [0, 0.1) is 5.82 Å². The fraction of sp³-hybridized carbons (Fsp3) is 0.533. The minimum atomic E-state index is -0.378. The van der Waals surface area contributed by atoms with Crippen molar-refractivity contribution in [1.29, 1.82) is 0 Å². The second kappa shape index (κ2) is 5.89. The predicted octanol–water partition coefficient (Wildman–Crippen LogP) is 1.59. The maximum absolute atomic E-state index is 13.5. The molecule has 2 aliphatic rings. The summed E-state index contributed by atoms with van der Waals surface area (Å²) in [5, 5.41) is 11.9. The highest BCUT2D eigenvalue weighted by molar-refractivity contribution is 6.02. The van der Waals surface area contributed by atoms with Gasteiger partial charge in [-0.2, -0.15) is 0 Å². The normalized spacial score (nSPS) is 24.0. The molecule has 0 aromatic heterocycles. The first-order valence-corrected chi connectivity index (χ1v) is 7.45. The maximum atomic E-state index is 13.5. The number of piperazine rings is 1. The highest BCUT2D eigenvalue weighted by Gasteiger charge is 2.30. The first-order valence-electron chi connectivity index (χ1n) is 7.45. The van der Waals surface area contributed by atoms with Crippen LogP contribution >= 0.6 is 0 Å². The van der Waals surface area contributed by atoms with Gasteiger partial charge in [-0.05, 0) is 37.6 Å². The smallest absolute Gasteiger partial charge is 0.172 e. The van der Waals surface area contributed by atoms with Crippen molar-refractivity contribution in [3.63, 3.8) is 0 Å². The number of fused-ring (bicyclic) bond motifs is 1. The Kier molecular flexibility index (Phi) is 3.96. The van der Waals surface area contributed by atoms with Gasteiger partial charge in [0.25, 0.3) is 0 Å². The Morgan fingerprint density at radius 2 is 2.14 bits per heavy atom. The first kappa shape index (κ1) is 14.1. The molecule has 1 unspecified atom stereocenters. The molecule has 21 heavy (non-hydrogen) atoms. The lowest BCUT2D eigenvalue weighted by molar-refractivity contribution is 0.133. The SMILES string of the molecule is N/C(=N/O)c1cc(F)ccc1N1CCN2CCCCC2C1. The van der Waals surface area contributed by atoms with Crippen molar-refractivity contribution >= 4 is 11.5 Å². The van der Waals surface area contributed by atoms with E-state index in [0.29, 0.717) is 11.6 Å². The lowest BCUT2D eigenvalue weighted by Gasteiger charge is -2.45. The highest BCUT2D eigenvalue weighted by atomic mass is 19.1. The summed E-state index contributed by atoms with van der Waals surface area (Å²) in [6, 6.07) is 5.04. The molecule has 0 aliphatic carbocycles. The van der Waals surface area contributed by atoms with Crippen LogP contribution < -0.4 is 10.6 Å². The maximum Gasteiger partial charge on any atom is 0.172 e. The Morgan fingerprint density at radius 3 is 2.95 bits per heavy atom. The monoisotopic (exact) mass is 292 g/mol. The van der Waals surface area contributed by atoms with Gasteiger partial charge >= 0.3 is 0 Å². The van der Waals surface area contributed by atoms with Crippen LogP contribution in [0.3, 0.4) is 0 Å². The third-order valence-corrected chi connectivity index (χ3v) is 4.52. The molecule has 2 fully saturated rings. The molecule has 3 rings (SSSR count). The number of benzene rings is 1. The number of hydrogen-bond acceptors (Lipinski definition) is 4. The Hall–Kier alpha value is -1.82. The summed E-state index contributed by atoms with van der Waals surface area (Å²) >= 11 is 0. The van der Waals surface area contributed by atoms with E-state index in [9.17, 15) is 4.39 Å². The van der Waals surface area contributed by atoms with Gasteiger partial charge in [0.05, 0.1) is 0 Å². The number of oxime groups is 1. The second-order valence-corrected chi connectivity index (χ2v) is 5.78. The molecule has 3 N–H and O–H groups in total. The molecule has 1 atom stereocenters. The average molecular weight is 292 g/mol. The quantitative estimate of drug-likeness (QED) is 0.376. The van der Waals surface area contributed by atoms with Gasteiger partial charge < -0.3 is 15.8 Å². The Bertz CT molecular complexity index is 548. The van der Waals surface area contributed by atoms with Gasteiger partial charge in [-0.3, -0.25) is 4.90 Å². The van der Waals surface area contributed by atoms with Gasteiger partial charge in [-0.1, -0.05) is 11.6 Å². The molecule has 6 heteroatoms. The van der Waals surface area contributed by atoms with Crippen molar-refractivity contribution in [2.24, 2.45) is 10.9 Å².